The van der Waals surface area contributed by atoms with E-state index in [1.165, 1.54) is 0 Å². The highest BCUT2D eigenvalue weighted by Crippen LogP contribution is 2.53. The number of rotatable bonds is 4. The van der Waals surface area contributed by atoms with Gasteiger partial charge in [0.05, 0.1) is 41.0 Å². The number of fused-ring (bicyclic) bond motifs is 3. The van der Waals surface area contributed by atoms with Crippen molar-refractivity contribution in [3.8, 4) is 12.1 Å². The van der Waals surface area contributed by atoms with Gasteiger partial charge in [0.1, 0.15) is 0 Å². The van der Waals surface area contributed by atoms with Crippen LogP contribution in [0.15, 0.2) is 53.8 Å². The summed E-state index contributed by atoms with van der Waals surface area (Å²) < 4.78 is 2.03. The fourth-order valence-corrected chi connectivity index (χ4v) is 6.07. The predicted molar refractivity (Wildman–Crippen MR) is 126 cm³/mol. The Morgan fingerprint density at radius 2 is 1.85 bits per heavy atom. The van der Waals surface area contributed by atoms with Crippen LogP contribution < -0.4 is 0 Å². The molecule has 3 unspecified atom stereocenters. The SMILES string of the molecule is N#Cc1cccc(C2CC=NN2C(=O)C2CC(Cn3ncc4cc(C#N)ccc43)C3CC2C3)c1. The van der Waals surface area contributed by atoms with Gasteiger partial charge in [-0.05, 0) is 72.9 Å². The zero-order valence-corrected chi connectivity index (χ0v) is 18.7. The first kappa shape index (κ1) is 20.6. The van der Waals surface area contributed by atoms with E-state index in [0.29, 0.717) is 35.3 Å². The van der Waals surface area contributed by atoms with Crippen molar-refractivity contribution in [3.63, 3.8) is 0 Å². The van der Waals surface area contributed by atoms with E-state index in [4.69, 9.17) is 5.26 Å². The molecule has 0 spiro atoms. The summed E-state index contributed by atoms with van der Waals surface area (Å²) in [5.74, 6) is 1.54. The van der Waals surface area contributed by atoms with Gasteiger partial charge in [0.2, 0.25) is 5.91 Å². The van der Waals surface area contributed by atoms with E-state index in [1.54, 1.807) is 11.1 Å². The van der Waals surface area contributed by atoms with Crippen LogP contribution in [0.1, 0.15) is 48.4 Å². The number of hydrazone groups is 1. The first-order chi connectivity index (χ1) is 16.6. The molecule has 3 fully saturated rings. The van der Waals surface area contributed by atoms with Crippen molar-refractivity contribution in [2.75, 3.05) is 0 Å². The molecule has 3 aliphatic carbocycles. The number of carbonyl (C=O) groups is 1. The maximum atomic E-state index is 13.7. The van der Waals surface area contributed by atoms with Crippen LogP contribution in [0.5, 0.6) is 0 Å². The molecule has 1 aromatic heterocycles. The van der Waals surface area contributed by atoms with E-state index in [0.717, 1.165) is 42.3 Å². The number of hydrogen-bond acceptors (Lipinski definition) is 5. The third-order valence-corrected chi connectivity index (χ3v) is 7.96. The molecule has 2 aromatic carbocycles. The second-order valence-electron chi connectivity index (χ2n) is 9.78. The smallest absolute Gasteiger partial charge is 0.246 e. The lowest BCUT2D eigenvalue weighted by molar-refractivity contribution is -0.147. The van der Waals surface area contributed by atoms with Crippen LogP contribution in [-0.2, 0) is 11.3 Å². The summed E-state index contributed by atoms with van der Waals surface area (Å²) in [5, 5.41) is 30.1. The number of nitriles is 2. The van der Waals surface area contributed by atoms with Crippen LogP contribution in [0.3, 0.4) is 0 Å². The lowest BCUT2D eigenvalue weighted by Gasteiger charge is -2.51. The summed E-state index contributed by atoms with van der Waals surface area (Å²) in [4.78, 5) is 13.7. The highest BCUT2D eigenvalue weighted by atomic mass is 16.2. The molecule has 34 heavy (non-hydrogen) atoms. The van der Waals surface area contributed by atoms with E-state index in [2.05, 4.69) is 22.3 Å². The second-order valence-corrected chi connectivity index (χ2v) is 9.78. The van der Waals surface area contributed by atoms with Crippen LogP contribution in [-0.4, -0.2) is 26.9 Å². The van der Waals surface area contributed by atoms with E-state index >= 15 is 0 Å². The lowest BCUT2D eigenvalue weighted by atomic mass is 9.55. The van der Waals surface area contributed by atoms with E-state index in [1.807, 2.05) is 53.5 Å². The highest BCUT2D eigenvalue weighted by Gasteiger charge is 2.50. The van der Waals surface area contributed by atoms with Crippen molar-refractivity contribution in [1.29, 1.82) is 10.5 Å². The first-order valence-corrected chi connectivity index (χ1v) is 11.9. The number of carbonyl (C=O) groups excluding carboxylic acids is 1. The van der Waals surface area contributed by atoms with Crippen molar-refractivity contribution in [3.05, 3.63) is 65.4 Å². The van der Waals surface area contributed by atoms with Gasteiger partial charge in [0.25, 0.3) is 0 Å². The largest absolute Gasteiger partial charge is 0.273 e. The minimum Gasteiger partial charge on any atom is -0.273 e. The summed E-state index contributed by atoms with van der Waals surface area (Å²) in [6.07, 6.45) is 7.34. The van der Waals surface area contributed by atoms with Crippen LogP contribution >= 0.6 is 0 Å². The zero-order valence-electron chi connectivity index (χ0n) is 18.7. The molecule has 7 rings (SSSR count). The van der Waals surface area contributed by atoms with Crippen molar-refractivity contribution >= 4 is 23.0 Å². The maximum Gasteiger partial charge on any atom is 0.246 e. The Morgan fingerprint density at radius 1 is 1.03 bits per heavy atom. The average molecular weight is 449 g/mol. The molecule has 0 radical (unpaired) electrons. The molecule has 0 N–H and O–H groups in total. The van der Waals surface area contributed by atoms with Crippen LogP contribution in [0.2, 0.25) is 0 Å². The van der Waals surface area contributed by atoms with E-state index in [9.17, 15) is 10.1 Å². The molecule has 2 bridgehead atoms. The van der Waals surface area contributed by atoms with Gasteiger partial charge in [0, 0.05) is 30.5 Å². The summed E-state index contributed by atoms with van der Waals surface area (Å²) in [5.41, 5.74) is 3.23. The van der Waals surface area contributed by atoms with Crippen LogP contribution in [0, 0.1) is 46.3 Å². The Balaban J connectivity index is 1.21. The van der Waals surface area contributed by atoms with Crippen molar-refractivity contribution in [1.82, 2.24) is 14.8 Å². The van der Waals surface area contributed by atoms with Crippen molar-refractivity contribution in [2.45, 2.75) is 38.3 Å². The molecule has 7 nitrogen and oxygen atoms in total. The quantitative estimate of drug-likeness (QED) is 0.591. The molecule has 4 aliphatic rings. The topological polar surface area (TPSA) is 98.1 Å². The molecule has 2 heterocycles. The van der Waals surface area contributed by atoms with Gasteiger partial charge < -0.3 is 0 Å². The zero-order chi connectivity index (χ0) is 23.2. The van der Waals surface area contributed by atoms with E-state index in [-0.39, 0.29) is 17.9 Å². The van der Waals surface area contributed by atoms with Gasteiger partial charge in [-0.3, -0.25) is 9.48 Å². The molecular formula is C27H24N6O. The Kier molecular flexibility index (Phi) is 4.92. The Morgan fingerprint density at radius 3 is 2.68 bits per heavy atom. The van der Waals surface area contributed by atoms with Gasteiger partial charge in [-0.15, -0.1) is 0 Å². The monoisotopic (exact) mass is 448 g/mol. The summed E-state index contributed by atoms with van der Waals surface area (Å²) >= 11 is 0. The summed E-state index contributed by atoms with van der Waals surface area (Å²) in [7, 11) is 0. The Bertz CT molecular complexity index is 1390. The van der Waals surface area contributed by atoms with Gasteiger partial charge in [-0.1, -0.05) is 12.1 Å². The molecule has 0 saturated heterocycles. The van der Waals surface area contributed by atoms with Gasteiger partial charge in [-0.2, -0.15) is 20.7 Å². The minimum absolute atomic E-state index is 0.0288. The third-order valence-electron chi connectivity index (χ3n) is 7.96. The molecule has 3 saturated carbocycles. The molecular weight excluding hydrogens is 424 g/mol. The second kappa shape index (κ2) is 8.11. The Labute approximate surface area is 197 Å². The molecule has 1 amide bonds. The molecule has 3 atom stereocenters. The standard InChI is InChI=1S/C27H24N6O/c28-13-17-2-1-3-19(8-17)26-6-7-30-33(26)27(34)24-12-23(20-10-21(24)11-20)16-32-25-5-4-18(14-29)9-22(25)15-31-32/h1-5,7-9,15,20-21,23-24,26H,6,10-12,16H2. The molecule has 3 aromatic rings. The number of hydrogen-bond donors (Lipinski definition) is 0. The van der Waals surface area contributed by atoms with Crippen LogP contribution in [0.25, 0.3) is 10.9 Å². The summed E-state index contributed by atoms with van der Waals surface area (Å²) in [6.45, 7) is 0.785. The van der Waals surface area contributed by atoms with Crippen molar-refractivity contribution < 1.29 is 4.79 Å². The summed E-state index contributed by atoms with van der Waals surface area (Å²) in [6, 6.07) is 17.4. The lowest BCUT2D eigenvalue weighted by Crippen LogP contribution is -2.49. The number of aromatic nitrogens is 2. The predicted octanol–water partition coefficient (Wildman–Crippen LogP) is 4.40. The van der Waals surface area contributed by atoms with Gasteiger partial charge in [0.15, 0.2) is 0 Å². The number of benzene rings is 2. The third kappa shape index (κ3) is 3.36. The molecule has 168 valence electrons. The van der Waals surface area contributed by atoms with E-state index < -0.39 is 0 Å². The first-order valence-electron chi connectivity index (χ1n) is 11.9. The average Bonchev–Trinajstić information content (AvgIpc) is 3.50. The van der Waals surface area contributed by atoms with Crippen LogP contribution in [0.4, 0.5) is 0 Å². The Hall–Kier alpha value is -3.97. The number of amides is 1. The highest BCUT2D eigenvalue weighted by molar-refractivity contribution is 5.83. The number of nitrogens with zero attached hydrogens (tertiary/aromatic N) is 6. The molecule has 1 aliphatic heterocycles. The normalized spacial score (nSPS) is 27.2. The fraction of sp³-hybridized carbons (Fsp3) is 0.370. The fourth-order valence-electron chi connectivity index (χ4n) is 6.07. The molecule has 7 heteroatoms. The van der Waals surface area contributed by atoms with Crippen molar-refractivity contribution in [2.24, 2.45) is 28.8 Å². The van der Waals surface area contributed by atoms with Gasteiger partial charge in [-0.25, -0.2) is 5.01 Å². The van der Waals surface area contributed by atoms with Gasteiger partial charge >= 0.3 is 0 Å². The maximum absolute atomic E-state index is 13.7. The minimum atomic E-state index is -0.138.